The number of nitrogens with one attached hydrogen (secondary N) is 1. The van der Waals surface area contributed by atoms with Crippen molar-refractivity contribution >= 4 is 27.5 Å². The van der Waals surface area contributed by atoms with Crippen molar-refractivity contribution in [2.24, 2.45) is 0 Å². The standard InChI is InChI=1S/C12H12N6S/c1-4-17-18(5-1)12(2-3-12)6-13-10-9-11(15-7-14-10)19-8-16-9/h1,4-5,7-8H,2-3,6H2,(H,13,14,15). The Kier molecular flexibility index (Phi) is 2.28. The molecule has 1 aliphatic rings. The summed E-state index contributed by atoms with van der Waals surface area (Å²) in [6.07, 6.45) is 7.72. The second kappa shape index (κ2) is 3.99. The van der Waals surface area contributed by atoms with Gasteiger partial charge in [0.15, 0.2) is 5.82 Å². The van der Waals surface area contributed by atoms with Gasteiger partial charge in [-0.1, -0.05) is 0 Å². The molecule has 0 aromatic carbocycles. The van der Waals surface area contributed by atoms with Crippen molar-refractivity contribution in [2.75, 3.05) is 11.9 Å². The maximum absolute atomic E-state index is 4.35. The van der Waals surface area contributed by atoms with E-state index in [1.165, 1.54) is 11.3 Å². The van der Waals surface area contributed by atoms with Crippen LogP contribution in [0.15, 0.2) is 30.3 Å². The third kappa shape index (κ3) is 1.77. The fraction of sp³-hybridized carbons (Fsp3) is 0.333. The van der Waals surface area contributed by atoms with Gasteiger partial charge in [-0.05, 0) is 18.9 Å². The summed E-state index contributed by atoms with van der Waals surface area (Å²) < 4.78 is 2.04. The molecule has 0 unspecified atom stereocenters. The Morgan fingerprint density at radius 3 is 3.05 bits per heavy atom. The zero-order valence-electron chi connectivity index (χ0n) is 10.2. The van der Waals surface area contributed by atoms with Crippen LogP contribution >= 0.6 is 11.3 Å². The number of fused-ring (bicyclic) bond motifs is 1. The van der Waals surface area contributed by atoms with Crippen LogP contribution in [0.5, 0.6) is 0 Å². The molecular formula is C12H12N6S. The molecule has 3 aromatic heterocycles. The Hall–Kier alpha value is -2.02. The van der Waals surface area contributed by atoms with Crippen LogP contribution in [-0.2, 0) is 5.54 Å². The van der Waals surface area contributed by atoms with E-state index in [1.54, 1.807) is 11.8 Å². The third-order valence-corrected chi connectivity index (χ3v) is 4.27. The summed E-state index contributed by atoms with van der Waals surface area (Å²) in [6, 6.07) is 1.96. The highest BCUT2D eigenvalue weighted by Gasteiger charge is 2.45. The molecule has 0 spiro atoms. The highest BCUT2D eigenvalue weighted by atomic mass is 32.1. The van der Waals surface area contributed by atoms with Gasteiger partial charge < -0.3 is 5.32 Å². The second-order valence-corrected chi connectivity index (χ2v) is 5.59. The molecular weight excluding hydrogens is 260 g/mol. The van der Waals surface area contributed by atoms with Crippen molar-refractivity contribution in [3.8, 4) is 0 Å². The molecule has 96 valence electrons. The second-order valence-electron chi connectivity index (χ2n) is 4.76. The summed E-state index contributed by atoms with van der Waals surface area (Å²) in [5, 5.41) is 7.74. The number of nitrogens with zero attached hydrogens (tertiary/aromatic N) is 5. The molecule has 1 aliphatic carbocycles. The lowest BCUT2D eigenvalue weighted by atomic mass is 10.2. The molecule has 3 aromatic rings. The maximum Gasteiger partial charge on any atom is 0.157 e. The van der Waals surface area contributed by atoms with Crippen LogP contribution in [0.4, 0.5) is 5.82 Å². The third-order valence-electron chi connectivity index (χ3n) is 3.54. The van der Waals surface area contributed by atoms with Crippen molar-refractivity contribution in [3.63, 3.8) is 0 Å². The predicted octanol–water partition coefficient (Wildman–Crippen LogP) is 1.88. The SMILES string of the molecule is c1cnn(C2(CNc3ncnc4scnc34)CC2)c1. The highest BCUT2D eigenvalue weighted by Crippen LogP contribution is 2.43. The summed E-state index contributed by atoms with van der Waals surface area (Å²) in [4.78, 5) is 13.7. The van der Waals surface area contributed by atoms with Crippen molar-refractivity contribution in [1.29, 1.82) is 0 Å². The van der Waals surface area contributed by atoms with Crippen LogP contribution in [0.3, 0.4) is 0 Å². The molecule has 3 heterocycles. The Bertz CT molecular complexity index is 700. The van der Waals surface area contributed by atoms with E-state index in [-0.39, 0.29) is 5.54 Å². The molecule has 1 N–H and O–H groups in total. The summed E-state index contributed by atoms with van der Waals surface area (Å²) in [6.45, 7) is 0.818. The van der Waals surface area contributed by atoms with E-state index in [1.807, 2.05) is 23.1 Å². The summed E-state index contributed by atoms with van der Waals surface area (Å²) >= 11 is 1.53. The lowest BCUT2D eigenvalue weighted by Crippen LogP contribution is -2.27. The van der Waals surface area contributed by atoms with E-state index < -0.39 is 0 Å². The topological polar surface area (TPSA) is 68.5 Å². The first kappa shape index (κ1) is 10.9. The van der Waals surface area contributed by atoms with E-state index in [2.05, 4.69) is 25.4 Å². The Balaban J connectivity index is 1.58. The van der Waals surface area contributed by atoms with Crippen molar-refractivity contribution in [2.45, 2.75) is 18.4 Å². The largest absolute Gasteiger partial charge is 0.366 e. The van der Waals surface area contributed by atoms with Gasteiger partial charge in [0.1, 0.15) is 16.7 Å². The van der Waals surface area contributed by atoms with Gasteiger partial charge in [0.05, 0.1) is 11.0 Å². The lowest BCUT2D eigenvalue weighted by Gasteiger charge is -2.17. The van der Waals surface area contributed by atoms with E-state index in [0.717, 1.165) is 35.6 Å². The van der Waals surface area contributed by atoms with Crippen LogP contribution in [0.25, 0.3) is 10.3 Å². The molecule has 0 atom stereocenters. The number of hydrogen-bond donors (Lipinski definition) is 1. The van der Waals surface area contributed by atoms with E-state index in [0.29, 0.717) is 0 Å². The summed E-state index contributed by atoms with van der Waals surface area (Å²) in [7, 11) is 0. The Labute approximate surface area is 113 Å². The van der Waals surface area contributed by atoms with E-state index in [4.69, 9.17) is 0 Å². The quantitative estimate of drug-likeness (QED) is 0.785. The Morgan fingerprint density at radius 2 is 2.26 bits per heavy atom. The zero-order valence-corrected chi connectivity index (χ0v) is 11.0. The lowest BCUT2D eigenvalue weighted by molar-refractivity contribution is 0.453. The molecule has 1 fully saturated rings. The zero-order chi connectivity index (χ0) is 12.7. The van der Waals surface area contributed by atoms with Gasteiger partial charge in [0, 0.05) is 18.9 Å². The van der Waals surface area contributed by atoms with E-state index in [9.17, 15) is 0 Å². The summed E-state index contributed by atoms with van der Waals surface area (Å²) in [5.41, 5.74) is 2.76. The molecule has 19 heavy (non-hydrogen) atoms. The molecule has 0 radical (unpaired) electrons. The maximum atomic E-state index is 4.35. The molecule has 6 nitrogen and oxygen atoms in total. The van der Waals surface area contributed by atoms with Crippen molar-refractivity contribution < 1.29 is 0 Å². The van der Waals surface area contributed by atoms with Gasteiger partial charge in [-0.2, -0.15) is 5.10 Å². The monoisotopic (exact) mass is 272 g/mol. The van der Waals surface area contributed by atoms with Crippen LogP contribution in [0.2, 0.25) is 0 Å². The van der Waals surface area contributed by atoms with Gasteiger partial charge in [-0.3, -0.25) is 4.68 Å². The first-order chi connectivity index (χ1) is 9.37. The predicted molar refractivity (Wildman–Crippen MR) is 73.1 cm³/mol. The van der Waals surface area contributed by atoms with Crippen LogP contribution < -0.4 is 5.32 Å². The minimum Gasteiger partial charge on any atom is -0.366 e. The van der Waals surface area contributed by atoms with Gasteiger partial charge in [-0.15, -0.1) is 11.3 Å². The number of aromatic nitrogens is 5. The summed E-state index contributed by atoms with van der Waals surface area (Å²) in [5.74, 6) is 0.810. The van der Waals surface area contributed by atoms with Crippen LogP contribution in [0.1, 0.15) is 12.8 Å². The molecule has 0 saturated heterocycles. The average Bonchev–Trinajstić information content (AvgIpc) is 2.88. The molecule has 4 rings (SSSR count). The van der Waals surface area contributed by atoms with Crippen LogP contribution in [0, 0.1) is 0 Å². The average molecular weight is 272 g/mol. The van der Waals surface area contributed by atoms with Gasteiger partial charge in [0.2, 0.25) is 0 Å². The number of rotatable bonds is 4. The number of anilines is 1. The van der Waals surface area contributed by atoms with Crippen LogP contribution in [-0.4, -0.2) is 31.3 Å². The van der Waals surface area contributed by atoms with Gasteiger partial charge >= 0.3 is 0 Å². The minimum atomic E-state index is 0.108. The fourth-order valence-electron chi connectivity index (χ4n) is 2.25. The molecule has 0 amide bonds. The number of hydrogen-bond acceptors (Lipinski definition) is 6. The smallest absolute Gasteiger partial charge is 0.157 e. The first-order valence-corrected chi connectivity index (χ1v) is 7.04. The fourth-order valence-corrected chi connectivity index (χ4v) is 2.88. The van der Waals surface area contributed by atoms with E-state index >= 15 is 0 Å². The Morgan fingerprint density at radius 1 is 1.32 bits per heavy atom. The first-order valence-electron chi connectivity index (χ1n) is 6.16. The van der Waals surface area contributed by atoms with Crippen molar-refractivity contribution in [1.82, 2.24) is 24.7 Å². The van der Waals surface area contributed by atoms with Crippen molar-refractivity contribution in [3.05, 3.63) is 30.3 Å². The molecule has 0 bridgehead atoms. The molecule has 1 saturated carbocycles. The van der Waals surface area contributed by atoms with Gasteiger partial charge in [0.25, 0.3) is 0 Å². The molecule has 0 aliphatic heterocycles. The minimum absolute atomic E-state index is 0.108. The normalized spacial score (nSPS) is 16.6. The molecule has 7 heteroatoms. The highest BCUT2D eigenvalue weighted by molar-refractivity contribution is 7.16. The van der Waals surface area contributed by atoms with Gasteiger partial charge in [-0.25, -0.2) is 15.0 Å². The number of thiazole rings is 1.